The Hall–Kier alpha value is -3.05. The summed E-state index contributed by atoms with van der Waals surface area (Å²) in [5, 5.41) is 12.3. The van der Waals surface area contributed by atoms with Crippen LogP contribution in [0.1, 0.15) is 17.0 Å². The van der Waals surface area contributed by atoms with Gasteiger partial charge in [0.05, 0.1) is 7.11 Å². The van der Waals surface area contributed by atoms with E-state index in [-0.39, 0.29) is 5.57 Å². The molecule has 0 aliphatic heterocycles. The van der Waals surface area contributed by atoms with Crippen molar-refractivity contribution in [3.8, 4) is 17.5 Å². The van der Waals surface area contributed by atoms with Gasteiger partial charge in [0.15, 0.2) is 0 Å². The van der Waals surface area contributed by atoms with E-state index in [1.807, 2.05) is 38.1 Å². The van der Waals surface area contributed by atoms with Crippen LogP contribution in [0.4, 0.5) is 5.69 Å². The summed E-state index contributed by atoms with van der Waals surface area (Å²) in [5.41, 5.74) is 4.52. The maximum absolute atomic E-state index is 12.6. The third-order valence-corrected chi connectivity index (χ3v) is 5.29. The van der Waals surface area contributed by atoms with Crippen LogP contribution in [0.3, 0.4) is 0 Å². The predicted octanol–water partition coefficient (Wildman–Crippen LogP) is 5.25. The van der Waals surface area contributed by atoms with E-state index in [9.17, 15) is 10.1 Å². The molecule has 2 aromatic carbocycles. The number of hydrogen-bond donors (Lipinski definition) is 1. The monoisotopic (exact) mass is 497 g/mol. The van der Waals surface area contributed by atoms with E-state index in [1.54, 1.807) is 37.5 Å². The number of aryl methyl sites for hydroxylation is 1. The third kappa shape index (κ3) is 4.69. The van der Waals surface area contributed by atoms with Gasteiger partial charge in [0.25, 0.3) is 5.91 Å². The van der Waals surface area contributed by atoms with Crippen molar-refractivity contribution < 1.29 is 9.53 Å². The van der Waals surface area contributed by atoms with Crippen molar-refractivity contribution in [1.82, 2.24) is 4.57 Å². The highest BCUT2D eigenvalue weighted by atomic mass is 127. The highest BCUT2D eigenvalue weighted by molar-refractivity contribution is 14.1. The molecule has 29 heavy (non-hydrogen) atoms. The summed E-state index contributed by atoms with van der Waals surface area (Å²) in [4.78, 5) is 12.6. The van der Waals surface area contributed by atoms with Crippen molar-refractivity contribution in [3.63, 3.8) is 0 Å². The van der Waals surface area contributed by atoms with Crippen LogP contribution in [0.25, 0.3) is 11.8 Å². The molecule has 0 bridgehead atoms. The minimum Gasteiger partial charge on any atom is -0.497 e. The topological polar surface area (TPSA) is 67.0 Å². The second-order valence-electron chi connectivity index (χ2n) is 6.49. The molecule has 1 amide bonds. The van der Waals surface area contributed by atoms with Gasteiger partial charge < -0.3 is 14.6 Å². The molecule has 0 saturated heterocycles. The maximum atomic E-state index is 12.6. The van der Waals surface area contributed by atoms with Gasteiger partial charge in [-0.15, -0.1) is 0 Å². The van der Waals surface area contributed by atoms with Crippen LogP contribution in [0.5, 0.6) is 5.75 Å². The first kappa shape index (κ1) is 20.7. The molecular weight excluding hydrogens is 477 g/mol. The molecule has 0 unspecified atom stereocenters. The van der Waals surface area contributed by atoms with Crippen molar-refractivity contribution in [2.45, 2.75) is 13.8 Å². The van der Waals surface area contributed by atoms with Crippen molar-refractivity contribution in [2.24, 2.45) is 0 Å². The zero-order valence-electron chi connectivity index (χ0n) is 16.4. The lowest BCUT2D eigenvalue weighted by Gasteiger charge is -2.10. The van der Waals surface area contributed by atoms with Gasteiger partial charge in [-0.3, -0.25) is 4.79 Å². The van der Waals surface area contributed by atoms with E-state index >= 15 is 0 Å². The summed E-state index contributed by atoms with van der Waals surface area (Å²) in [6.07, 6.45) is 1.63. The highest BCUT2D eigenvalue weighted by Crippen LogP contribution is 2.24. The Bertz CT molecular complexity index is 1100. The molecule has 0 spiro atoms. The minimum absolute atomic E-state index is 0.0451. The fourth-order valence-corrected chi connectivity index (χ4v) is 3.46. The molecule has 0 radical (unpaired) electrons. The van der Waals surface area contributed by atoms with Crippen LogP contribution in [0.2, 0.25) is 0 Å². The number of carbonyl (C=O) groups is 1. The lowest BCUT2D eigenvalue weighted by molar-refractivity contribution is -0.112. The first-order valence-corrected chi connectivity index (χ1v) is 10.0. The molecule has 0 fully saturated rings. The van der Waals surface area contributed by atoms with Gasteiger partial charge in [-0.1, -0.05) is 0 Å². The summed E-state index contributed by atoms with van der Waals surface area (Å²) in [5.74, 6) is 0.249. The van der Waals surface area contributed by atoms with Crippen LogP contribution in [-0.4, -0.2) is 17.6 Å². The SMILES string of the molecule is COc1ccc(NC(=O)C(C#N)=Cc2cc(C)n(-c3ccc(I)cc3)c2C)cc1. The van der Waals surface area contributed by atoms with Crippen LogP contribution < -0.4 is 10.1 Å². The first-order chi connectivity index (χ1) is 13.9. The van der Waals surface area contributed by atoms with Crippen molar-refractivity contribution >= 4 is 40.3 Å². The number of nitrogens with zero attached hydrogens (tertiary/aromatic N) is 2. The van der Waals surface area contributed by atoms with Gasteiger partial charge in [0.2, 0.25) is 0 Å². The molecule has 0 saturated carbocycles. The summed E-state index contributed by atoms with van der Waals surface area (Å²) >= 11 is 2.27. The third-order valence-electron chi connectivity index (χ3n) is 4.57. The maximum Gasteiger partial charge on any atom is 0.266 e. The van der Waals surface area contributed by atoms with Crippen molar-refractivity contribution in [2.75, 3.05) is 12.4 Å². The largest absolute Gasteiger partial charge is 0.497 e. The van der Waals surface area contributed by atoms with Crippen molar-refractivity contribution in [3.05, 3.63) is 80.7 Å². The van der Waals surface area contributed by atoms with E-state index < -0.39 is 5.91 Å². The lowest BCUT2D eigenvalue weighted by atomic mass is 10.1. The van der Waals surface area contributed by atoms with E-state index in [0.29, 0.717) is 11.4 Å². The van der Waals surface area contributed by atoms with Gasteiger partial charge in [0, 0.05) is 26.3 Å². The Morgan fingerprint density at radius 1 is 1.14 bits per heavy atom. The van der Waals surface area contributed by atoms with Gasteiger partial charge in [-0.25, -0.2) is 0 Å². The van der Waals surface area contributed by atoms with Gasteiger partial charge >= 0.3 is 0 Å². The molecular formula is C23H20IN3O2. The molecule has 0 aliphatic rings. The number of carbonyl (C=O) groups excluding carboxylic acids is 1. The quantitative estimate of drug-likeness (QED) is 0.298. The average molecular weight is 497 g/mol. The van der Waals surface area contributed by atoms with Crippen LogP contribution >= 0.6 is 22.6 Å². The van der Waals surface area contributed by atoms with Gasteiger partial charge in [0.1, 0.15) is 17.4 Å². The van der Waals surface area contributed by atoms with Gasteiger partial charge in [-0.05, 0) is 103 Å². The lowest BCUT2D eigenvalue weighted by Crippen LogP contribution is -2.13. The second kappa shape index (κ2) is 8.97. The molecule has 3 aromatic rings. The Morgan fingerprint density at radius 3 is 2.38 bits per heavy atom. The smallest absolute Gasteiger partial charge is 0.266 e. The summed E-state index contributed by atoms with van der Waals surface area (Å²) in [6.45, 7) is 3.99. The molecule has 3 rings (SSSR count). The number of amides is 1. The minimum atomic E-state index is -0.447. The number of halogens is 1. The Kier molecular flexibility index (Phi) is 6.39. The number of hydrogen-bond acceptors (Lipinski definition) is 3. The number of methoxy groups -OCH3 is 1. The number of nitriles is 1. The molecule has 0 atom stereocenters. The fraction of sp³-hybridized carbons (Fsp3) is 0.130. The summed E-state index contributed by atoms with van der Waals surface area (Å²) in [6, 6.07) is 19.2. The van der Waals surface area contributed by atoms with Crippen LogP contribution in [0, 0.1) is 28.7 Å². The van der Waals surface area contributed by atoms with Gasteiger partial charge in [-0.2, -0.15) is 5.26 Å². The molecule has 1 N–H and O–H groups in total. The zero-order chi connectivity index (χ0) is 21.0. The summed E-state index contributed by atoms with van der Waals surface area (Å²) in [7, 11) is 1.58. The van der Waals surface area contributed by atoms with E-state index in [2.05, 4.69) is 44.6 Å². The summed E-state index contributed by atoms with van der Waals surface area (Å²) < 4.78 is 8.38. The number of ether oxygens (including phenoxy) is 1. The molecule has 0 aliphatic carbocycles. The molecule has 6 heteroatoms. The number of rotatable bonds is 5. The number of benzene rings is 2. The van der Waals surface area contributed by atoms with Crippen LogP contribution in [0.15, 0.2) is 60.2 Å². The Balaban J connectivity index is 1.88. The molecule has 1 aromatic heterocycles. The molecule has 146 valence electrons. The van der Waals surface area contributed by atoms with E-state index in [0.717, 1.165) is 26.2 Å². The standard InChI is InChI=1S/C23H20IN3O2/c1-15-12-17(16(2)27(15)21-8-4-19(24)5-9-21)13-18(14-25)23(28)26-20-6-10-22(29-3)11-7-20/h4-13H,1-3H3,(H,26,28). The van der Waals surface area contributed by atoms with Crippen molar-refractivity contribution in [1.29, 1.82) is 5.26 Å². The zero-order valence-corrected chi connectivity index (χ0v) is 18.5. The Labute approximate surface area is 183 Å². The fourth-order valence-electron chi connectivity index (χ4n) is 3.10. The average Bonchev–Trinajstić information content (AvgIpc) is 3.00. The van der Waals surface area contributed by atoms with Crippen LogP contribution in [-0.2, 0) is 4.79 Å². The second-order valence-corrected chi connectivity index (χ2v) is 7.74. The first-order valence-electron chi connectivity index (χ1n) is 8.95. The van der Waals surface area contributed by atoms with E-state index in [4.69, 9.17) is 4.74 Å². The Morgan fingerprint density at radius 2 is 1.79 bits per heavy atom. The predicted molar refractivity (Wildman–Crippen MR) is 123 cm³/mol. The molecule has 5 nitrogen and oxygen atoms in total. The normalized spacial score (nSPS) is 11.1. The molecule has 1 heterocycles. The van der Waals surface area contributed by atoms with E-state index in [1.165, 1.54) is 0 Å². The number of nitrogens with one attached hydrogen (secondary N) is 1. The number of anilines is 1. The highest BCUT2D eigenvalue weighted by Gasteiger charge is 2.14. The number of aromatic nitrogens is 1.